The summed E-state index contributed by atoms with van der Waals surface area (Å²) in [5.41, 5.74) is 4.66. The number of aryl methyl sites for hydroxylation is 1. The van der Waals surface area contributed by atoms with Gasteiger partial charge in [-0.1, -0.05) is 13.8 Å². The van der Waals surface area contributed by atoms with Crippen LogP contribution in [0.4, 0.5) is 0 Å². The van der Waals surface area contributed by atoms with Crippen LogP contribution in [0.25, 0.3) is 11.0 Å². The average molecular weight is 351 g/mol. The number of aromatic nitrogens is 4. The van der Waals surface area contributed by atoms with Gasteiger partial charge in [0.05, 0.1) is 0 Å². The summed E-state index contributed by atoms with van der Waals surface area (Å²) in [5.74, 6) is 0.675. The molecule has 9 heteroatoms. The molecule has 0 saturated carbocycles. The van der Waals surface area contributed by atoms with Gasteiger partial charge in [0, 0.05) is 25.8 Å². The van der Waals surface area contributed by atoms with Crippen molar-refractivity contribution in [3.63, 3.8) is 0 Å². The Morgan fingerprint density at radius 1 is 1.29 bits per heavy atom. The number of carbonyl (C=O) groups is 1. The first-order valence-corrected chi connectivity index (χ1v) is 8.60. The molecule has 8 nitrogen and oxygen atoms in total. The van der Waals surface area contributed by atoms with Crippen molar-refractivity contribution in [3.05, 3.63) is 26.7 Å². The standard InChI is InChI=1S/C15H21N5O3S/c1-8(2)7-20-12-11(14(22)19(4)15(20)23)13(18-9(3)17-12)24-6-5-10(16)21/h8H,5-7H2,1-4H3,(H2,16,21). The molecule has 0 unspecified atom stereocenters. The summed E-state index contributed by atoms with van der Waals surface area (Å²) < 4.78 is 2.58. The quantitative estimate of drug-likeness (QED) is 0.596. The highest BCUT2D eigenvalue weighted by Crippen LogP contribution is 2.23. The number of hydrogen-bond donors (Lipinski definition) is 1. The van der Waals surface area contributed by atoms with Gasteiger partial charge in [0.2, 0.25) is 5.91 Å². The first-order chi connectivity index (χ1) is 11.2. The first-order valence-electron chi connectivity index (χ1n) is 7.61. The van der Waals surface area contributed by atoms with Crippen LogP contribution in [-0.2, 0) is 18.4 Å². The van der Waals surface area contributed by atoms with Gasteiger partial charge in [-0.2, -0.15) is 0 Å². The number of rotatable bonds is 6. The number of fused-ring (bicyclic) bond motifs is 1. The van der Waals surface area contributed by atoms with Crippen molar-refractivity contribution in [1.82, 2.24) is 19.1 Å². The second-order valence-corrected chi connectivity index (χ2v) is 7.07. The summed E-state index contributed by atoms with van der Waals surface area (Å²) in [5, 5.41) is 0.773. The molecule has 0 aliphatic rings. The molecule has 0 aliphatic carbocycles. The Morgan fingerprint density at radius 2 is 1.96 bits per heavy atom. The molecule has 2 N–H and O–H groups in total. The number of nitrogens with zero attached hydrogens (tertiary/aromatic N) is 4. The fourth-order valence-corrected chi connectivity index (χ4v) is 3.34. The van der Waals surface area contributed by atoms with E-state index >= 15 is 0 Å². The molecule has 0 aliphatic heterocycles. The van der Waals surface area contributed by atoms with Crippen molar-refractivity contribution in [3.8, 4) is 0 Å². The summed E-state index contributed by atoms with van der Waals surface area (Å²) in [4.78, 5) is 44.6. The maximum atomic E-state index is 12.6. The van der Waals surface area contributed by atoms with E-state index in [-0.39, 0.29) is 12.3 Å². The molecule has 0 spiro atoms. The lowest BCUT2D eigenvalue weighted by Crippen LogP contribution is -2.39. The Morgan fingerprint density at radius 3 is 2.54 bits per heavy atom. The highest BCUT2D eigenvalue weighted by atomic mass is 32.2. The second kappa shape index (κ2) is 7.16. The van der Waals surface area contributed by atoms with Crippen molar-refractivity contribution in [2.45, 2.75) is 38.8 Å². The zero-order valence-corrected chi connectivity index (χ0v) is 15.0. The number of carbonyl (C=O) groups excluding carboxylic acids is 1. The third kappa shape index (κ3) is 3.66. The highest BCUT2D eigenvalue weighted by Gasteiger charge is 2.18. The first kappa shape index (κ1) is 18.2. The fraction of sp³-hybridized carbons (Fsp3) is 0.533. The van der Waals surface area contributed by atoms with Crippen molar-refractivity contribution >= 4 is 28.7 Å². The van der Waals surface area contributed by atoms with Gasteiger partial charge in [-0.15, -0.1) is 11.8 Å². The Balaban J connectivity index is 2.72. The van der Waals surface area contributed by atoms with Crippen molar-refractivity contribution in [2.24, 2.45) is 18.7 Å². The molecule has 2 aromatic heterocycles. The molecule has 0 saturated heterocycles. The van der Waals surface area contributed by atoms with E-state index in [0.717, 1.165) is 4.57 Å². The molecule has 2 aromatic rings. The zero-order valence-electron chi connectivity index (χ0n) is 14.2. The van der Waals surface area contributed by atoms with E-state index < -0.39 is 17.2 Å². The normalized spacial score (nSPS) is 11.4. The zero-order chi connectivity index (χ0) is 18.0. The van der Waals surface area contributed by atoms with Crippen LogP contribution in [0.3, 0.4) is 0 Å². The van der Waals surface area contributed by atoms with Crippen LogP contribution < -0.4 is 17.0 Å². The molecule has 130 valence electrons. The predicted molar refractivity (Wildman–Crippen MR) is 93.1 cm³/mol. The third-order valence-electron chi connectivity index (χ3n) is 3.40. The number of amides is 1. The number of thioether (sulfide) groups is 1. The lowest BCUT2D eigenvalue weighted by atomic mass is 10.2. The number of nitrogens with two attached hydrogens (primary N) is 1. The maximum absolute atomic E-state index is 12.6. The fourth-order valence-electron chi connectivity index (χ4n) is 2.32. The number of hydrogen-bond acceptors (Lipinski definition) is 6. The Kier molecular flexibility index (Phi) is 5.43. The van der Waals surface area contributed by atoms with Crippen LogP contribution in [-0.4, -0.2) is 30.8 Å². The largest absolute Gasteiger partial charge is 0.370 e. The molecule has 0 radical (unpaired) electrons. The van der Waals surface area contributed by atoms with Gasteiger partial charge in [-0.25, -0.2) is 14.8 Å². The van der Waals surface area contributed by atoms with Gasteiger partial charge in [-0.3, -0.25) is 18.7 Å². The molecule has 0 fully saturated rings. The van der Waals surface area contributed by atoms with Crippen molar-refractivity contribution in [1.29, 1.82) is 0 Å². The van der Waals surface area contributed by atoms with Gasteiger partial charge in [0.25, 0.3) is 5.56 Å². The molecular formula is C15H21N5O3S. The SMILES string of the molecule is Cc1nc(SCCC(N)=O)c2c(=O)n(C)c(=O)n(CC(C)C)c2n1. The van der Waals surface area contributed by atoms with Crippen molar-refractivity contribution in [2.75, 3.05) is 5.75 Å². The van der Waals surface area contributed by atoms with E-state index in [0.29, 0.717) is 34.2 Å². The van der Waals surface area contributed by atoms with E-state index in [4.69, 9.17) is 5.73 Å². The van der Waals surface area contributed by atoms with Crippen LogP contribution in [0.1, 0.15) is 26.1 Å². The van der Waals surface area contributed by atoms with Gasteiger partial charge < -0.3 is 5.73 Å². The minimum atomic E-state index is -0.434. The van der Waals surface area contributed by atoms with Gasteiger partial charge >= 0.3 is 5.69 Å². The molecule has 2 rings (SSSR count). The van der Waals surface area contributed by atoms with E-state index in [1.807, 2.05) is 13.8 Å². The summed E-state index contributed by atoms with van der Waals surface area (Å²) in [6, 6.07) is 0. The number of primary amides is 1. The van der Waals surface area contributed by atoms with E-state index in [1.165, 1.54) is 23.4 Å². The summed E-state index contributed by atoms with van der Waals surface area (Å²) in [6.45, 7) is 6.13. The van der Waals surface area contributed by atoms with E-state index in [1.54, 1.807) is 6.92 Å². The van der Waals surface area contributed by atoms with Gasteiger partial charge in [-0.05, 0) is 12.8 Å². The Hall–Kier alpha value is -2.16. The maximum Gasteiger partial charge on any atom is 0.332 e. The van der Waals surface area contributed by atoms with Crippen molar-refractivity contribution < 1.29 is 4.79 Å². The molecule has 0 aromatic carbocycles. The summed E-state index contributed by atoms with van der Waals surface area (Å²) in [6.07, 6.45) is 0.182. The molecule has 0 atom stereocenters. The van der Waals surface area contributed by atoms with Crippen LogP contribution in [0.2, 0.25) is 0 Å². The minimum absolute atomic E-state index is 0.182. The molecule has 24 heavy (non-hydrogen) atoms. The Labute approximate surface area is 143 Å². The lowest BCUT2D eigenvalue weighted by Gasteiger charge is -2.15. The predicted octanol–water partition coefficient (Wildman–Crippen LogP) is 0.422. The smallest absolute Gasteiger partial charge is 0.332 e. The molecular weight excluding hydrogens is 330 g/mol. The topological polar surface area (TPSA) is 113 Å². The van der Waals surface area contributed by atoms with Crippen LogP contribution in [0.15, 0.2) is 14.6 Å². The molecule has 0 bridgehead atoms. The second-order valence-electron chi connectivity index (χ2n) is 5.99. The van der Waals surface area contributed by atoms with Gasteiger partial charge in [0.15, 0.2) is 5.65 Å². The Bertz CT molecular complexity index is 901. The highest BCUT2D eigenvalue weighted by molar-refractivity contribution is 7.99. The van der Waals surface area contributed by atoms with E-state index in [2.05, 4.69) is 9.97 Å². The minimum Gasteiger partial charge on any atom is -0.370 e. The average Bonchev–Trinajstić information content (AvgIpc) is 2.48. The summed E-state index contributed by atoms with van der Waals surface area (Å²) in [7, 11) is 1.44. The lowest BCUT2D eigenvalue weighted by molar-refractivity contribution is -0.117. The van der Waals surface area contributed by atoms with Crippen LogP contribution in [0.5, 0.6) is 0 Å². The monoisotopic (exact) mass is 351 g/mol. The van der Waals surface area contributed by atoms with Crippen LogP contribution >= 0.6 is 11.8 Å². The van der Waals surface area contributed by atoms with Gasteiger partial charge in [0.1, 0.15) is 16.2 Å². The van der Waals surface area contributed by atoms with Crippen LogP contribution in [0, 0.1) is 12.8 Å². The third-order valence-corrected chi connectivity index (χ3v) is 4.37. The molecule has 1 amide bonds. The summed E-state index contributed by atoms with van der Waals surface area (Å²) >= 11 is 1.27. The van der Waals surface area contributed by atoms with E-state index in [9.17, 15) is 14.4 Å². The molecule has 2 heterocycles.